The van der Waals surface area contributed by atoms with E-state index in [1.807, 2.05) is 57.4 Å². The molecule has 0 bridgehead atoms. The molecule has 0 aliphatic carbocycles. The lowest BCUT2D eigenvalue weighted by Crippen LogP contribution is -2.50. The van der Waals surface area contributed by atoms with Crippen molar-refractivity contribution in [2.24, 2.45) is 0 Å². The molecule has 0 aromatic carbocycles. The molecule has 0 radical (unpaired) electrons. The van der Waals surface area contributed by atoms with E-state index in [9.17, 15) is 9.59 Å². The number of fused-ring (bicyclic) bond motifs is 3. The van der Waals surface area contributed by atoms with Gasteiger partial charge in [-0.05, 0) is 39.0 Å². The first-order valence-corrected chi connectivity index (χ1v) is 12.8. The Morgan fingerprint density at radius 3 is 2.38 bits per heavy atom. The van der Waals surface area contributed by atoms with E-state index < -0.39 is 5.60 Å². The van der Waals surface area contributed by atoms with Gasteiger partial charge in [0.2, 0.25) is 5.95 Å². The molecule has 1 N–H and O–H groups in total. The van der Waals surface area contributed by atoms with Crippen molar-refractivity contribution in [1.29, 1.82) is 0 Å². The summed E-state index contributed by atoms with van der Waals surface area (Å²) < 4.78 is 7.41. The predicted molar refractivity (Wildman–Crippen MR) is 143 cm³/mol. The first-order chi connectivity index (χ1) is 17.7. The minimum atomic E-state index is -0.496. The Kier molecular flexibility index (Phi) is 7.51. The highest BCUT2D eigenvalue weighted by molar-refractivity contribution is 5.98. The normalized spacial score (nSPS) is 15.7. The maximum atomic E-state index is 12.4. The number of hydrogen-bond donors (Lipinski definition) is 1. The van der Waals surface area contributed by atoms with Gasteiger partial charge in [0.25, 0.3) is 5.91 Å². The van der Waals surface area contributed by atoms with Crippen molar-refractivity contribution in [2.75, 3.05) is 50.0 Å². The van der Waals surface area contributed by atoms with E-state index in [0.29, 0.717) is 56.7 Å². The molecule has 1 saturated heterocycles. The van der Waals surface area contributed by atoms with Crippen LogP contribution in [0.15, 0.2) is 30.6 Å². The monoisotopic (exact) mass is 508 g/mol. The molecule has 5 rings (SSSR count). The Labute approximate surface area is 217 Å². The third-order valence-electron chi connectivity index (χ3n) is 6.14. The van der Waals surface area contributed by atoms with Gasteiger partial charge in [-0.15, -0.1) is 0 Å². The van der Waals surface area contributed by atoms with Crippen molar-refractivity contribution in [3.63, 3.8) is 0 Å². The number of likely N-dealkylation sites (N-methyl/N-ethyl adjacent to an activating group) is 1. The fourth-order valence-corrected chi connectivity index (χ4v) is 4.29. The summed E-state index contributed by atoms with van der Waals surface area (Å²) in [6.45, 7) is 13.6. The molecule has 2 aliphatic heterocycles. The lowest BCUT2D eigenvalue weighted by molar-refractivity contribution is 0.0240. The molecule has 11 heteroatoms. The Morgan fingerprint density at radius 1 is 1.00 bits per heavy atom. The van der Waals surface area contributed by atoms with Gasteiger partial charge in [-0.1, -0.05) is 13.8 Å². The first-order valence-electron chi connectivity index (χ1n) is 12.8. The number of carbonyl (C=O) groups is 2. The maximum absolute atomic E-state index is 12.4. The van der Waals surface area contributed by atoms with Gasteiger partial charge in [0.05, 0.1) is 11.9 Å². The topological polar surface area (TPSA) is 109 Å². The quantitative estimate of drug-likeness (QED) is 0.570. The van der Waals surface area contributed by atoms with Crippen molar-refractivity contribution in [3.8, 4) is 0 Å². The van der Waals surface area contributed by atoms with Gasteiger partial charge in [-0.2, -0.15) is 4.98 Å². The van der Waals surface area contributed by atoms with Crippen LogP contribution < -0.4 is 10.2 Å². The van der Waals surface area contributed by atoms with Crippen LogP contribution >= 0.6 is 0 Å². The zero-order valence-corrected chi connectivity index (χ0v) is 22.5. The molecule has 1 fully saturated rings. The van der Waals surface area contributed by atoms with Crippen molar-refractivity contribution >= 4 is 40.5 Å². The van der Waals surface area contributed by atoms with Crippen molar-refractivity contribution < 1.29 is 14.3 Å². The number of amides is 2. The molecule has 0 unspecified atom stereocenters. The number of piperazine rings is 1. The van der Waals surface area contributed by atoms with Crippen LogP contribution in [0.25, 0.3) is 11.0 Å². The number of rotatable bonds is 3. The zero-order chi connectivity index (χ0) is 26.7. The van der Waals surface area contributed by atoms with E-state index in [1.54, 1.807) is 29.2 Å². The number of carbonyl (C=O) groups excluding carboxylic acids is 2. The molecule has 0 atom stereocenters. The van der Waals surface area contributed by atoms with Gasteiger partial charge in [-0.25, -0.2) is 14.8 Å². The Bertz CT molecular complexity index is 1260. The second-order valence-corrected chi connectivity index (χ2v) is 9.86. The number of ether oxygens (including phenoxy) is 1. The molecule has 11 nitrogen and oxygen atoms in total. The number of nitrogens with zero attached hydrogens (tertiary/aromatic N) is 7. The lowest BCUT2D eigenvalue weighted by Gasteiger charge is -2.36. The molecule has 37 heavy (non-hydrogen) atoms. The number of hydrogen-bond acceptors (Lipinski definition) is 8. The summed E-state index contributed by atoms with van der Waals surface area (Å²) in [7, 11) is 1.80. The summed E-state index contributed by atoms with van der Waals surface area (Å²) in [6.07, 6.45) is 3.26. The second kappa shape index (κ2) is 10.6. The van der Waals surface area contributed by atoms with Crippen LogP contribution in [0.1, 0.15) is 45.1 Å². The third kappa shape index (κ3) is 5.76. The van der Waals surface area contributed by atoms with Crippen molar-refractivity contribution in [2.45, 2.75) is 46.8 Å². The average Bonchev–Trinajstić information content (AvgIpc) is 3.26. The van der Waals surface area contributed by atoms with E-state index in [1.165, 1.54) is 0 Å². The molecular weight excluding hydrogens is 472 g/mol. The van der Waals surface area contributed by atoms with Gasteiger partial charge in [0.15, 0.2) is 0 Å². The fourth-order valence-electron chi connectivity index (χ4n) is 4.29. The summed E-state index contributed by atoms with van der Waals surface area (Å²) in [5.41, 5.74) is 1.86. The average molecular weight is 509 g/mol. The number of aromatic nitrogens is 4. The summed E-state index contributed by atoms with van der Waals surface area (Å²) in [6, 6.07) is 5.71. The van der Waals surface area contributed by atoms with Crippen LogP contribution in [0, 0.1) is 0 Å². The number of pyridine rings is 1. The lowest BCUT2D eigenvalue weighted by atomic mass is 10.2. The number of anilines is 3. The van der Waals surface area contributed by atoms with Crippen molar-refractivity contribution in [1.82, 2.24) is 29.3 Å². The van der Waals surface area contributed by atoms with Crippen LogP contribution in [-0.2, 0) is 11.3 Å². The first kappa shape index (κ1) is 26.2. The summed E-state index contributed by atoms with van der Waals surface area (Å²) in [5.74, 6) is 1.05. The van der Waals surface area contributed by atoms with Gasteiger partial charge < -0.3 is 29.3 Å². The smallest absolute Gasteiger partial charge is 0.410 e. The van der Waals surface area contributed by atoms with Crippen molar-refractivity contribution in [3.05, 3.63) is 36.3 Å². The van der Waals surface area contributed by atoms with Gasteiger partial charge in [0.1, 0.15) is 22.8 Å². The molecule has 2 aliphatic rings. The predicted octanol–water partition coefficient (Wildman–Crippen LogP) is 3.74. The van der Waals surface area contributed by atoms with Crippen LogP contribution in [0.3, 0.4) is 0 Å². The van der Waals surface area contributed by atoms with E-state index in [-0.39, 0.29) is 12.0 Å². The summed E-state index contributed by atoms with van der Waals surface area (Å²) >= 11 is 0. The van der Waals surface area contributed by atoms with Crippen LogP contribution in [0.4, 0.5) is 22.2 Å². The molecule has 5 heterocycles. The highest BCUT2D eigenvalue weighted by atomic mass is 16.6. The molecule has 3 aromatic heterocycles. The van der Waals surface area contributed by atoms with E-state index in [2.05, 4.69) is 25.2 Å². The Balaban J connectivity index is 0.00000156. The molecule has 3 aromatic rings. The molecule has 0 saturated carbocycles. The second-order valence-electron chi connectivity index (χ2n) is 9.86. The van der Waals surface area contributed by atoms with Gasteiger partial charge in [-0.3, -0.25) is 4.79 Å². The Hall–Kier alpha value is -3.89. The van der Waals surface area contributed by atoms with Crippen LogP contribution in [0.5, 0.6) is 0 Å². The SMILES string of the molecule is CC.CN1CCn2c(cc3cnc(Nc4ccc(N5CCN(C(=O)OC(C)(C)C)CC5)cn4)nc32)C1=O. The van der Waals surface area contributed by atoms with Gasteiger partial charge in [0, 0.05) is 57.9 Å². The van der Waals surface area contributed by atoms with E-state index >= 15 is 0 Å². The Morgan fingerprint density at radius 2 is 1.73 bits per heavy atom. The molecule has 2 amide bonds. The minimum absolute atomic E-state index is 0.00653. The summed E-state index contributed by atoms with van der Waals surface area (Å²) in [4.78, 5) is 43.9. The standard InChI is InChI=1S/C24H30N8O3.C2H6/c1-24(2,3)35-23(34)31-10-8-30(9-11-31)17-5-6-19(25-15-17)27-22-26-14-16-13-18-21(33)29(4)7-12-32(18)20(16)28-22;1-2/h5-6,13-15H,7-12H2,1-4H3,(H,25,26,27,28);1-2H3. The molecule has 198 valence electrons. The van der Waals surface area contributed by atoms with E-state index in [0.717, 1.165) is 16.7 Å². The van der Waals surface area contributed by atoms with E-state index in [4.69, 9.17) is 4.74 Å². The molecular formula is C26H36N8O3. The summed E-state index contributed by atoms with van der Waals surface area (Å²) in [5, 5.41) is 3.99. The third-order valence-corrected chi connectivity index (χ3v) is 6.14. The zero-order valence-electron chi connectivity index (χ0n) is 22.5. The molecule has 0 spiro atoms. The highest BCUT2D eigenvalue weighted by Gasteiger charge is 2.27. The minimum Gasteiger partial charge on any atom is -0.444 e. The highest BCUT2D eigenvalue weighted by Crippen LogP contribution is 2.24. The van der Waals surface area contributed by atoms with Crippen LogP contribution in [0.2, 0.25) is 0 Å². The van der Waals surface area contributed by atoms with Gasteiger partial charge >= 0.3 is 6.09 Å². The largest absolute Gasteiger partial charge is 0.444 e. The van der Waals surface area contributed by atoms with Crippen LogP contribution in [-0.4, -0.2) is 86.7 Å². The number of nitrogens with one attached hydrogen (secondary N) is 1. The fraction of sp³-hybridized carbons (Fsp3) is 0.500. The maximum Gasteiger partial charge on any atom is 0.410 e.